The van der Waals surface area contributed by atoms with E-state index in [0.717, 1.165) is 0 Å². The Labute approximate surface area is 88.1 Å². The van der Waals surface area contributed by atoms with Crippen molar-refractivity contribution in [1.82, 2.24) is 0 Å². The van der Waals surface area contributed by atoms with Crippen LogP contribution in [-0.2, 0) is 4.74 Å². The van der Waals surface area contributed by atoms with Gasteiger partial charge < -0.3 is 4.74 Å². The summed E-state index contributed by atoms with van der Waals surface area (Å²) in [7, 11) is 0. The maximum atomic E-state index is 11.3. The molecule has 0 aliphatic carbocycles. The molecule has 1 rings (SSSR count). The van der Waals surface area contributed by atoms with Crippen LogP contribution in [0.2, 0.25) is 0 Å². The Bertz CT molecular complexity index is 355. The summed E-state index contributed by atoms with van der Waals surface area (Å²) >= 11 is 4.60. The van der Waals surface area contributed by atoms with E-state index in [9.17, 15) is 4.79 Å². The van der Waals surface area contributed by atoms with Crippen molar-refractivity contribution in [1.29, 1.82) is 5.26 Å². The number of thiophene rings is 1. The third-order valence-corrected chi connectivity index (χ3v) is 3.00. The van der Waals surface area contributed by atoms with Crippen molar-refractivity contribution in [2.24, 2.45) is 0 Å². The van der Waals surface area contributed by atoms with Crippen LogP contribution in [0.5, 0.6) is 0 Å². The van der Waals surface area contributed by atoms with Gasteiger partial charge in [-0.2, -0.15) is 16.6 Å². The fourth-order valence-electron chi connectivity index (χ4n) is 0.678. The van der Waals surface area contributed by atoms with Crippen molar-refractivity contribution in [3.8, 4) is 6.07 Å². The second-order valence-electron chi connectivity index (χ2n) is 2.31. The molecule has 1 aromatic heterocycles. The second-order valence-corrected chi connectivity index (χ2v) is 3.91. The van der Waals surface area contributed by atoms with E-state index in [0.29, 0.717) is 10.0 Å². The molecular weight excluding hydrogens is 254 g/mol. The van der Waals surface area contributed by atoms with E-state index in [1.807, 2.05) is 6.07 Å². The summed E-state index contributed by atoms with van der Waals surface area (Å²) in [4.78, 5) is 11.3. The van der Waals surface area contributed by atoms with Crippen LogP contribution >= 0.6 is 27.3 Å². The van der Waals surface area contributed by atoms with Gasteiger partial charge in [0, 0.05) is 15.2 Å². The summed E-state index contributed by atoms with van der Waals surface area (Å²) in [5.41, 5.74) is 0.465. The molecule has 0 aromatic carbocycles. The lowest BCUT2D eigenvalue weighted by atomic mass is 10.3. The summed E-state index contributed by atoms with van der Waals surface area (Å²) < 4.78 is 5.50. The Morgan fingerprint density at radius 3 is 2.92 bits per heavy atom. The monoisotopic (exact) mass is 259 g/mol. The maximum Gasteiger partial charge on any atom is 0.341 e. The lowest BCUT2D eigenvalue weighted by Crippen LogP contribution is -2.12. The average Bonchev–Trinajstić information content (AvgIpc) is 2.51. The predicted octanol–water partition coefficient (Wildman–Crippen LogP) is 2.58. The van der Waals surface area contributed by atoms with Crippen molar-refractivity contribution in [3.63, 3.8) is 0 Å². The number of ether oxygens (including phenoxy) is 1. The van der Waals surface area contributed by atoms with E-state index in [2.05, 4.69) is 15.9 Å². The van der Waals surface area contributed by atoms with Crippen LogP contribution in [0.25, 0.3) is 0 Å². The lowest BCUT2D eigenvalue weighted by molar-refractivity contribution is 0.0435. The van der Waals surface area contributed by atoms with Crippen molar-refractivity contribution >= 4 is 33.2 Å². The minimum atomic E-state index is -0.709. The van der Waals surface area contributed by atoms with Gasteiger partial charge in [-0.1, -0.05) is 0 Å². The summed E-state index contributed by atoms with van der Waals surface area (Å²) in [5, 5.41) is 11.9. The average molecular weight is 260 g/mol. The number of esters is 1. The van der Waals surface area contributed by atoms with E-state index >= 15 is 0 Å². The molecule has 0 bridgehead atoms. The molecule has 0 aliphatic rings. The molecule has 1 unspecified atom stereocenters. The first-order chi connectivity index (χ1) is 6.15. The standard InChI is InChI=1S/C8H6BrNO2S/c1-5(2-10)12-8(11)6-3-13-4-7(6)9/h3-5H,1H3. The first-order valence-corrected chi connectivity index (χ1v) is 5.21. The Morgan fingerprint density at radius 2 is 2.46 bits per heavy atom. The van der Waals surface area contributed by atoms with E-state index in [4.69, 9.17) is 10.00 Å². The number of nitrogens with zero attached hydrogens (tertiary/aromatic N) is 1. The van der Waals surface area contributed by atoms with Crippen molar-refractivity contribution in [3.05, 3.63) is 20.8 Å². The van der Waals surface area contributed by atoms with Crippen LogP contribution in [0.15, 0.2) is 15.2 Å². The number of nitriles is 1. The number of rotatable bonds is 2. The van der Waals surface area contributed by atoms with Crippen LogP contribution in [0, 0.1) is 11.3 Å². The zero-order valence-electron chi connectivity index (χ0n) is 6.78. The molecule has 0 N–H and O–H groups in total. The fourth-order valence-corrected chi connectivity index (χ4v) is 2.10. The number of hydrogen-bond acceptors (Lipinski definition) is 4. The quantitative estimate of drug-likeness (QED) is 0.768. The molecule has 0 spiro atoms. The molecule has 5 heteroatoms. The minimum absolute atomic E-state index is 0.465. The van der Waals surface area contributed by atoms with Gasteiger partial charge in [0.25, 0.3) is 0 Å². The lowest BCUT2D eigenvalue weighted by Gasteiger charge is -2.03. The smallest absolute Gasteiger partial charge is 0.341 e. The molecule has 68 valence electrons. The second kappa shape index (κ2) is 4.40. The van der Waals surface area contributed by atoms with E-state index in [-0.39, 0.29) is 0 Å². The third-order valence-electron chi connectivity index (χ3n) is 1.30. The Kier molecular flexibility index (Phi) is 3.46. The highest BCUT2D eigenvalue weighted by Crippen LogP contribution is 2.22. The number of carbonyl (C=O) groups excluding carboxylic acids is 1. The highest BCUT2D eigenvalue weighted by Gasteiger charge is 2.14. The Hall–Kier alpha value is -0.860. The maximum absolute atomic E-state index is 11.3. The Morgan fingerprint density at radius 1 is 1.77 bits per heavy atom. The predicted molar refractivity (Wildman–Crippen MR) is 52.5 cm³/mol. The van der Waals surface area contributed by atoms with Gasteiger partial charge in [-0.3, -0.25) is 0 Å². The first kappa shape index (κ1) is 10.2. The molecule has 0 saturated carbocycles. The number of halogens is 1. The van der Waals surface area contributed by atoms with Crippen LogP contribution in [0.4, 0.5) is 0 Å². The van der Waals surface area contributed by atoms with E-state index in [1.54, 1.807) is 10.8 Å². The summed E-state index contributed by atoms with van der Waals surface area (Å²) in [6.07, 6.45) is -0.709. The molecule has 1 heterocycles. The molecule has 0 amide bonds. The molecule has 1 atom stereocenters. The zero-order chi connectivity index (χ0) is 9.84. The highest BCUT2D eigenvalue weighted by atomic mass is 79.9. The first-order valence-electron chi connectivity index (χ1n) is 3.47. The topological polar surface area (TPSA) is 50.1 Å². The summed E-state index contributed by atoms with van der Waals surface area (Å²) in [6, 6.07) is 1.82. The number of carbonyl (C=O) groups is 1. The van der Waals surface area contributed by atoms with Gasteiger partial charge in [-0.05, 0) is 22.9 Å². The SMILES string of the molecule is CC(C#N)OC(=O)c1cscc1Br. The van der Waals surface area contributed by atoms with E-state index in [1.165, 1.54) is 18.3 Å². The fraction of sp³-hybridized carbons (Fsp3) is 0.250. The summed E-state index contributed by atoms with van der Waals surface area (Å²) in [5.74, 6) is -0.470. The van der Waals surface area contributed by atoms with Gasteiger partial charge in [0.2, 0.25) is 0 Å². The van der Waals surface area contributed by atoms with Gasteiger partial charge in [0.05, 0.1) is 5.56 Å². The van der Waals surface area contributed by atoms with Gasteiger partial charge in [-0.15, -0.1) is 0 Å². The largest absolute Gasteiger partial charge is 0.444 e. The molecular formula is C8H6BrNO2S. The van der Waals surface area contributed by atoms with Gasteiger partial charge in [0.1, 0.15) is 6.07 Å². The molecule has 13 heavy (non-hydrogen) atoms. The molecule has 1 aromatic rings. The van der Waals surface area contributed by atoms with Crippen LogP contribution in [0.1, 0.15) is 17.3 Å². The highest BCUT2D eigenvalue weighted by molar-refractivity contribution is 9.10. The number of hydrogen-bond donors (Lipinski definition) is 0. The van der Waals surface area contributed by atoms with Crippen molar-refractivity contribution in [2.75, 3.05) is 0 Å². The van der Waals surface area contributed by atoms with E-state index < -0.39 is 12.1 Å². The molecule has 0 radical (unpaired) electrons. The molecule has 3 nitrogen and oxygen atoms in total. The molecule has 0 saturated heterocycles. The van der Waals surface area contributed by atoms with Crippen LogP contribution < -0.4 is 0 Å². The normalized spacial score (nSPS) is 11.8. The van der Waals surface area contributed by atoms with Crippen LogP contribution in [-0.4, -0.2) is 12.1 Å². The van der Waals surface area contributed by atoms with Crippen LogP contribution in [0.3, 0.4) is 0 Å². The van der Waals surface area contributed by atoms with Crippen molar-refractivity contribution < 1.29 is 9.53 Å². The Balaban J connectivity index is 2.71. The molecule has 0 aliphatic heterocycles. The van der Waals surface area contributed by atoms with Crippen molar-refractivity contribution in [2.45, 2.75) is 13.0 Å². The molecule has 0 fully saturated rings. The third kappa shape index (κ3) is 2.54. The van der Waals surface area contributed by atoms with Gasteiger partial charge in [-0.25, -0.2) is 4.79 Å². The van der Waals surface area contributed by atoms with Gasteiger partial charge >= 0.3 is 5.97 Å². The van der Waals surface area contributed by atoms with Gasteiger partial charge in [0.15, 0.2) is 6.10 Å². The minimum Gasteiger partial charge on any atom is -0.444 e. The summed E-state index contributed by atoms with van der Waals surface area (Å²) in [6.45, 7) is 1.53. The zero-order valence-corrected chi connectivity index (χ0v) is 9.18.